The van der Waals surface area contributed by atoms with E-state index >= 15 is 0 Å². The third-order valence-electron chi connectivity index (χ3n) is 4.23. The second-order valence-electron chi connectivity index (χ2n) is 6.01. The van der Waals surface area contributed by atoms with Crippen LogP contribution in [0.15, 0.2) is 48.5 Å². The van der Waals surface area contributed by atoms with Crippen molar-refractivity contribution in [3.05, 3.63) is 59.7 Å². The van der Waals surface area contributed by atoms with Gasteiger partial charge in [0.25, 0.3) is 0 Å². The Morgan fingerprint density at radius 2 is 1.00 bits per heavy atom. The molecule has 26 heavy (non-hydrogen) atoms. The quantitative estimate of drug-likeness (QED) is 0.208. The van der Waals surface area contributed by atoms with E-state index in [1.807, 2.05) is 24.3 Å². The van der Waals surface area contributed by atoms with Crippen LogP contribution >= 0.6 is 42.0 Å². The third kappa shape index (κ3) is 6.19. The highest BCUT2D eigenvalue weighted by Gasteiger charge is 2.17. The number of thiol groups is 2. The highest BCUT2D eigenvalue weighted by atomic mass is 32.1. The zero-order chi connectivity index (χ0) is 19.1. The molecule has 0 amide bonds. The van der Waals surface area contributed by atoms with Crippen molar-refractivity contribution >= 4 is 52.6 Å². The van der Waals surface area contributed by atoms with Crippen LogP contribution in [0, 0.1) is 0 Å². The molecule has 0 aromatic heterocycles. The number of unbranched alkanes of at least 4 members (excludes halogenated alkanes) is 1. The van der Waals surface area contributed by atoms with Gasteiger partial charge in [0.15, 0.2) is 16.8 Å². The lowest BCUT2D eigenvalue weighted by Crippen LogP contribution is -2.10. The van der Waals surface area contributed by atoms with E-state index in [4.69, 9.17) is 0 Å². The molecule has 2 aromatic rings. The molecular formula is C18H24O4P2S2. The molecule has 2 rings (SSSR count). The van der Waals surface area contributed by atoms with Crippen LogP contribution in [-0.2, 0) is 0 Å². The molecule has 4 nitrogen and oxygen atoms in total. The molecule has 0 aliphatic heterocycles. The van der Waals surface area contributed by atoms with Crippen molar-refractivity contribution in [2.24, 2.45) is 0 Å². The summed E-state index contributed by atoms with van der Waals surface area (Å²) in [5.74, 6) is 0. The molecule has 4 N–H and O–H groups in total. The van der Waals surface area contributed by atoms with Gasteiger partial charge >= 0.3 is 0 Å². The van der Waals surface area contributed by atoms with Gasteiger partial charge in [-0.1, -0.05) is 49.2 Å². The van der Waals surface area contributed by atoms with Crippen molar-refractivity contribution in [3.8, 4) is 0 Å². The van der Waals surface area contributed by atoms with Crippen molar-refractivity contribution in [2.45, 2.75) is 36.2 Å². The van der Waals surface area contributed by atoms with Crippen molar-refractivity contribution in [1.29, 1.82) is 0 Å². The molecule has 8 heteroatoms. The largest absolute Gasteiger partial charge is 0.347 e. The lowest BCUT2D eigenvalue weighted by atomic mass is 10.0. The number of rotatable bonds is 9. The van der Waals surface area contributed by atoms with Crippen LogP contribution in [0.2, 0.25) is 0 Å². The van der Waals surface area contributed by atoms with Gasteiger partial charge < -0.3 is 19.6 Å². The monoisotopic (exact) mass is 430 g/mol. The molecule has 2 unspecified atom stereocenters. The van der Waals surface area contributed by atoms with E-state index in [2.05, 4.69) is 25.3 Å². The van der Waals surface area contributed by atoms with Gasteiger partial charge in [-0.3, -0.25) is 0 Å². The molecule has 0 aliphatic carbocycles. The summed E-state index contributed by atoms with van der Waals surface area (Å²) in [6.07, 6.45) is 3.48. The smallest absolute Gasteiger partial charge is 0.199 e. The molecule has 0 bridgehead atoms. The van der Waals surface area contributed by atoms with Crippen molar-refractivity contribution < 1.29 is 19.6 Å². The van der Waals surface area contributed by atoms with Crippen LogP contribution < -0.4 is 10.6 Å². The minimum Gasteiger partial charge on any atom is -0.347 e. The SMILES string of the molecule is OP(O)c1ccccc1C(S)CCCCC(S)c1ccccc1P(O)O. The first kappa shape index (κ1) is 22.1. The molecule has 0 spiro atoms. The Labute approximate surface area is 168 Å². The van der Waals surface area contributed by atoms with Gasteiger partial charge in [0.1, 0.15) is 0 Å². The maximum atomic E-state index is 9.53. The summed E-state index contributed by atoms with van der Waals surface area (Å²) >= 11 is 9.25. The second kappa shape index (κ2) is 11.0. The van der Waals surface area contributed by atoms with Crippen LogP contribution in [0.25, 0.3) is 0 Å². The molecule has 0 fully saturated rings. The Morgan fingerprint density at radius 1 is 0.654 bits per heavy atom. The molecule has 2 atom stereocenters. The van der Waals surface area contributed by atoms with Gasteiger partial charge in [-0.15, -0.1) is 0 Å². The summed E-state index contributed by atoms with van der Waals surface area (Å²) in [5, 5.41) is 1.01. The van der Waals surface area contributed by atoms with Gasteiger partial charge in [-0.05, 0) is 36.1 Å². The summed E-state index contributed by atoms with van der Waals surface area (Å²) in [6, 6.07) is 14.6. The lowest BCUT2D eigenvalue weighted by Gasteiger charge is -2.18. The number of hydrogen-bond acceptors (Lipinski definition) is 6. The molecule has 0 aliphatic rings. The van der Waals surface area contributed by atoms with Crippen LogP contribution in [0.1, 0.15) is 47.3 Å². The van der Waals surface area contributed by atoms with Crippen LogP contribution in [0.5, 0.6) is 0 Å². The predicted octanol–water partition coefficient (Wildman–Crippen LogP) is 3.73. The normalized spacial score (nSPS) is 14.0. The molecule has 0 radical (unpaired) electrons. The highest BCUT2D eigenvalue weighted by molar-refractivity contribution is 7.80. The summed E-state index contributed by atoms with van der Waals surface area (Å²) in [5.41, 5.74) is 1.73. The van der Waals surface area contributed by atoms with Crippen LogP contribution in [0.3, 0.4) is 0 Å². The Hall–Kier alpha value is -0.160. The average molecular weight is 430 g/mol. The van der Waals surface area contributed by atoms with Gasteiger partial charge in [0.2, 0.25) is 0 Å². The first-order valence-electron chi connectivity index (χ1n) is 8.31. The van der Waals surface area contributed by atoms with Gasteiger partial charge in [-0.25, -0.2) is 0 Å². The van der Waals surface area contributed by atoms with Crippen LogP contribution in [-0.4, -0.2) is 19.6 Å². The Kier molecular flexibility index (Phi) is 9.36. The fourth-order valence-corrected chi connectivity index (χ4v) is 5.27. The second-order valence-corrected chi connectivity index (χ2v) is 9.38. The maximum absolute atomic E-state index is 9.53. The molecule has 142 valence electrons. The maximum Gasteiger partial charge on any atom is 0.199 e. The van der Waals surface area contributed by atoms with E-state index in [-0.39, 0.29) is 10.5 Å². The first-order chi connectivity index (χ1) is 12.4. The Bertz CT molecular complexity index is 641. The van der Waals surface area contributed by atoms with E-state index < -0.39 is 16.8 Å². The minimum absolute atomic E-state index is 0.0520. The van der Waals surface area contributed by atoms with E-state index in [9.17, 15) is 19.6 Å². The fourth-order valence-electron chi connectivity index (χ4n) is 2.89. The Balaban J connectivity index is 1.87. The van der Waals surface area contributed by atoms with E-state index in [1.165, 1.54) is 0 Å². The topological polar surface area (TPSA) is 80.9 Å². The van der Waals surface area contributed by atoms with Crippen LogP contribution in [0.4, 0.5) is 0 Å². The van der Waals surface area contributed by atoms with E-state index in [1.54, 1.807) is 24.3 Å². The van der Waals surface area contributed by atoms with E-state index in [0.717, 1.165) is 36.8 Å². The molecule has 0 saturated carbocycles. The average Bonchev–Trinajstić information content (AvgIpc) is 2.64. The van der Waals surface area contributed by atoms with E-state index in [0.29, 0.717) is 10.6 Å². The Morgan fingerprint density at radius 3 is 1.35 bits per heavy atom. The molecular weight excluding hydrogens is 406 g/mol. The third-order valence-corrected chi connectivity index (χ3v) is 6.98. The summed E-state index contributed by atoms with van der Waals surface area (Å²) < 4.78 is 0. The van der Waals surface area contributed by atoms with Crippen molar-refractivity contribution in [2.75, 3.05) is 0 Å². The predicted molar refractivity (Wildman–Crippen MR) is 117 cm³/mol. The molecule has 0 saturated heterocycles. The zero-order valence-electron chi connectivity index (χ0n) is 14.2. The molecule has 0 heterocycles. The standard InChI is InChI=1S/C18H24O4P2S2/c19-23(20)15-9-3-1-7-13(15)17(25)11-5-6-12-18(26)14-8-2-4-10-16(14)24(21)22/h1-4,7-10,17-22,25-26H,5-6,11-12H2. The van der Waals surface area contributed by atoms with Crippen molar-refractivity contribution in [3.63, 3.8) is 0 Å². The van der Waals surface area contributed by atoms with Gasteiger partial charge in [-0.2, -0.15) is 25.3 Å². The first-order valence-corrected chi connectivity index (χ1v) is 11.8. The summed E-state index contributed by atoms with van der Waals surface area (Å²) in [6.45, 7) is 0. The zero-order valence-corrected chi connectivity index (χ0v) is 17.8. The molecule has 2 aromatic carbocycles. The summed E-state index contributed by atoms with van der Waals surface area (Å²) in [4.78, 5) is 38.1. The fraction of sp³-hybridized carbons (Fsp3) is 0.333. The number of hydrogen-bond donors (Lipinski definition) is 6. The summed E-state index contributed by atoms with van der Waals surface area (Å²) in [7, 11) is -4.25. The van der Waals surface area contributed by atoms with Crippen molar-refractivity contribution in [1.82, 2.24) is 0 Å². The lowest BCUT2D eigenvalue weighted by molar-refractivity contribution is 0.495. The number of benzene rings is 2. The van der Waals surface area contributed by atoms with Gasteiger partial charge in [0.05, 0.1) is 0 Å². The van der Waals surface area contributed by atoms with Gasteiger partial charge in [0, 0.05) is 21.1 Å². The highest BCUT2D eigenvalue weighted by Crippen LogP contribution is 2.35. The minimum atomic E-state index is -2.12.